The summed E-state index contributed by atoms with van der Waals surface area (Å²) < 4.78 is 0. The first-order chi connectivity index (χ1) is 9.47. The molecule has 4 heteroatoms. The van der Waals surface area contributed by atoms with Gasteiger partial charge in [-0.1, -0.05) is 60.8 Å². The maximum absolute atomic E-state index is 6.24. The van der Waals surface area contributed by atoms with E-state index in [0.29, 0.717) is 16.1 Å². The zero-order valence-electron chi connectivity index (χ0n) is 11.4. The van der Waals surface area contributed by atoms with E-state index in [1.165, 1.54) is 0 Å². The normalized spacial score (nSPS) is 11.1. The molecular weight excluding hydrogens is 313 g/mol. The molecule has 20 heavy (non-hydrogen) atoms. The summed E-state index contributed by atoms with van der Waals surface area (Å²) in [6.45, 7) is 4.96. The van der Waals surface area contributed by atoms with Gasteiger partial charge in [0, 0.05) is 17.6 Å². The molecule has 0 bridgehead atoms. The number of nitrogens with one attached hydrogen (secondary N) is 1. The Morgan fingerprint density at radius 1 is 0.850 bits per heavy atom. The fraction of sp³-hybridized carbons (Fsp3) is 0.250. The van der Waals surface area contributed by atoms with E-state index in [4.69, 9.17) is 34.8 Å². The second-order valence-electron chi connectivity index (χ2n) is 4.97. The molecule has 0 aliphatic rings. The Bertz CT molecular complexity index is 609. The van der Waals surface area contributed by atoms with E-state index >= 15 is 0 Å². The van der Waals surface area contributed by atoms with E-state index in [0.717, 1.165) is 28.3 Å². The molecule has 0 saturated carbocycles. The molecule has 0 saturated heterocycles. The second kappa shape index (κ2) is 6.82. The second-order valence-corrected chi connectivity index (χ2v) is 6.19. The fourth-order valence-corrected chi connectivity index (χ4v) is 2.36. The van der Waals surface area contributed by atoms with Crippen LogP contribution in [0, 0.1) is 0 Å². The van der Waals surface area contributed by atoms with Crippen molar-refractivity contribution in [3.8, 4) is 11.1 Å². The number of hydrogen-bond acceptors (Lipinski definition) is 1. The average molecular weight is 329 g/mol. The lowest BCUT2D eigenvalue weighted by atomic mass is 10.0. The Balaban J connectivity index is 2.32. The molecule has 2 rings (SSSR count). The molecule has 0 heterocycles. The smallest absolute Gasteiger partial charge is 0.0598 e. The van der Waals surface area contributed by atoms with Crippen LogP contribution in [0.25, 0.3) is 11.1 Å². The van der Waals surface area contributed by atoms with Gasteiger partial charge in [-0.05, 0) is 41.0 Å². The minimum Gasteiger partial charge on any atom is -0.310 e. The standard InChI is InChI=1S/C16H16Cl3N/c1-10(2)20-9-13-7-11(3-5-14(13)17)12-4-6-15(18)16(19)8-12/h3-8,10,20H,9H2,1-2H3. The van der Waals surface area contributed by atoms with Crippen LogP contribution in [0.15, 0.2) is 36.4 Å². The van der Waals surface area contributed by atoms with Crippen molar-refractivity contribution < 1.29 is 0 Å². The number of benzene rings is 2. The van der Waals surface area contributed by atoms with Crippen molar-refractivity contribution in [2.75, 3.05) is 0 Å². The van der Waals surface area contributed by atoms with Crippen molar-refractivity contribution in [1.82, 2.24) is 5.32 Å². The molecule has 0 spiro atoms. The Hall–Kier alpha value is -0.730. The first-order valence-electron chi connectivity index (χ1n) is 6.44. The topological polar surface area (TPSA) is 12.0 Å². The van der Waals surface area contributed by atoms with Crippen LogP contribution in [-0.4, -0.2) is 6.04 Å². The summed E-state index contributed by atoms with van der Waals surface area (Å²) in [7, 11) is 0. The van der Waals surface area contributed by atoms with Crippen LogP contribution < -0.4 is 5.32 Å². The van der Waals surface area contributed by atoms with Crippen molar-refractivity contribution >= 4 is 34.8 Å². The summed E-state index contributed by atoms with van der Waals surface area (Å²) in [5.74, 6) is 0. The highest BCUT2D eigenvalue weighted by atomic mass is 35.5. The third kappa shape index (κ3) is 3.89. The maximum Gasteiger partial charge on any atom is 0.0598 e. The molecule has 0 unspecified atom stereocenters. The predicted octanol–water partition coefficient (Wildman–Crippen LogP) is 5.81. The van der Waals surface area contributed by atoms with Crippen LogP contribution in [-0.2, 0) is 6.54 Å². The van der Waals surface area contributed by atoms with Crippen LogP contribution in [0.4, 0.5) is 0 Å². The van der Waals surface area contributed by atoms with Crippen LogP contribution in [0.3, 0.4) is 0 Å². The summed E-state index contributed by atoms with van der Waals surface area (Å²) >= 11 is 18.2. The van der Waals surface area contributed by atoms with E-state index < -0.39 is 0 Å². The van der Waals surface area contributed by atoms with Crippen LogP contribution in [0.2, 0.25) is 15.1 Å². The number of rotatable bonds is 4. The Kier molecular flexibility index (Phi) is 5.34. The molecule has 0 aromatic heterocycles. The van der Waals surface area contributed by atoms with Crippen molar-refractivity contribution in [2.45, 2.75) is 26.4 Å². The summed E-state index contributed by atoms with van der Waals surface area (Å²) in [5.41, 5.74) is 3.18. The van der Waals surface area contributed by atoms with E-state index in [9.17, 15) is 0 Å². The fourth-order valence-electron chi connectivity index (χ4n) is 1.88. The van der Waals surface area contributed by atoms with Gasteiger partial charge in [-0.15, -0.1) is 0 Å². The van der Waals surface area contributed by atoms with Gasteiger partial charge in [0.25, 0.3) is 0 Å². The Morgan fingerprint density at radius 2 is 1.45 bits per heavy atom. The van der Waals surface area contributed by atoms with E-state index in [1.54, 1.807) is 6.07 Å². The molecule has 106 valence electrons. The van der Waals surface area contributed by atoms with Crippen molar-refractivity contribution in [3.05, 3.63) is 57.0 Å². The molecule has 0 aliphatic heterocycles. The lowest BCUT2D eigenvalue weighted by Crippen LogP contribution is -2.21. The maximum atomic E-state index is 6.24. The van der Waals surface area contributed by atoms with Gasteiger partial charge in [0.1, 0.15) is 0 Å². The first-order valence-corrected chi connectivity index (χ1v) is 7.58. The van der Waals surface area contributed by atoms with Gasteiger partial charge in [0.15, 0.2) is 0 Å². The summed E-state index contributed by atoms with van der Waals surface area (Å²) in [4.78, 5) is 0. The van der Waals surface area contributed by atoms with Gasteiger partial charge in [-0.25, -0.2) is 0 Å². The molecule has 0 atom stereocenters. The Morgan fingerprint density at radius 3 is 2.05 bits per heavy atom. The molecule has 0 amide bonds. The van der Waals surface area contributed by atoms with Crippen molar-refractivity contribution in [3.63, 3.8) is 0 Å². The van der Waals surface area contributed by atoms with Crippen LogP contribution in [0.5, 0.6) is 0 Å². The van der Waals surface area contributed by atoms with Gasteiger partial charge >= 0.3 is 0 Å². The van der Waals surface area contributed by atoms with Gasteiger partial charge in [0.05, 0.1) is 10.0 Å². The number of halogens is 3. The molecule has 2 aromatic carbocycles. The lowest BCUT2D eigenvalue weighted by Gasteiger charge is -2.12. The molecule has 2 aromatic rings. The molecule has 0 fully saturated rings. The number of hydrogen-bond donors (Lipinski definition) is 1. The van der Waals surface area contributed by atoms with Crippen LogP contribution in [0.1, 0.15) is 19.4 Å². The highest BCUT2D eigenvalue weighted by Crippen LogP contribution is 2.30. The SMILES string of the molecule is CC(C)NCc1cc(-c2ccc(Cl)c(Cl)c2)ccc1Cl. The zero-order valence-corrected chi connectivity index (χ0v) is 13.7. The van der Waals surface area contributed by atoms with E-state index in [2.05, 4.69) is 25.2 Å². The van der Waals surface area contributed by atoms with Gasteiger partial charge in [-0.3, -0.25) is 0 Å². The average Bonchev–Trinajstić information content (AvgIpc) is 2.41. The quantitative estimate of drug-likeness (QED) is 0.746. The molecule has 0 aliphatic carbocycles. The lowest BCUT2D eigenvalue weighted by molar-refractivity contribution is 0.589. The van der Waals surface area contributed by atoms with E-state index in [-0.39, 0.29) is 0 Å². The third-order valence-electron chi connectivity index (χ3n) is 3.00. The molecule has 1 nitrogen and oxygen atoms in total. The molecule has 0 radical (unpaired) electrons. The van der Waals surface area contributed by atoms with Crippen molar-refractivity contribution in [1.29, 1.82) is 0 Å². The largest absolute Gasteiger partial charge is 0.310 e. The monoisotopic (exact) mass is 327 g/mol. The molecule has 1 N–H and O–H groups in total. The summed E-state index contributed by atoms with van der Waals surface area (Å²) in [6.07, 6.45) is 0. The van der Waals surface area contributed by atoms with Crippen molar-refractivity contribution in [2.24, 2.45) is 0 Å². The first kappa shape index (κ1) is 15.7. The minimum absolute atomic E-state index is 0.416. The molecular formula is C16H16Cl3N. The zero-order chi connectivity index (χ0) is 14.7. The minimum atomic E-state index is 0.416. The van der Waals surface area contributed by atoms with Gasteiger partial charge < -0.3 is 5.32 Å². The summed E-state index contributed by atoms with van der Waals surface area (Å²) in [5, 5.41) is 5.25. The Labute approximate surface area is 134 Å². The van der Waals surface area contributed by atoms with E-state index in [1.807, 2.05) is 24.3 Å². The third-order valence-corrected chi connectivity index (χ3v) is 4.11. The summed E-state index contributed by atoms with van der Waals surface area (Å²) in [6, 6.07) is 12.0. The predicted molar refractivity (Wildman–Crippen MR) is 88.9 cm³/mol. The van der Waals surface area contributed by atoms with Gasteiger partial charge in [0.2, 0.25) is 0 Å². The van der Waals surface area contributed by atoms with Crippen LogP contribution >= 0.6 is 34.8 Å². The highest BCUT2D eigenvalue weighted by molar-refractivity contribution is 6.42. The highest BCUT2D eigenvalue weighted by Gasteiger charge is 2.06. The van der Waals surface area contributed by atoms with Gasteiger partial charge in [-0.2, -0.15) is 0 Å².